The molecule has 2 aromatic carbocycles. The number of nitrogens with one attached hydrogen (secondary N) is 2. The molecule has 0 saturated heterocycles. The Morgan fingerprint density at radius 2 is 1.88 bits per heavy atom. The second kappa shape index (κ2) is 8.16. The number of methoxy groups -OCH3 is 2. The van der Waals surface area contributed by atoms with Crippen LogP contribution >= 0.6 is 0 Å². The predicted molar refractivity (Wildman–Crippen MR) is 87.9 cm³/mol. The van der Waals surface area contributed by atoms with E-state index in [1.807, 2.05) is 0 Å². The lowest BCUT2D eigenvalue weighted by molar-refractivity contribution is 0.170. The van der Waals surface area contributed by atoms with Crippen LogP contribution in [-0.2, 0) is 0 Å². The van der Waals surface area contributed by atoms with Gasteiger partial charge in [0, 0.05) is 23.9 Å². The van der Waals surface area contributed by atoms with Crippen LogP contribution in [0.1, 0.15) is 11.7 Å². The number of aliphatic hydroxyl groups is 1. The molecule has 0 bridgehead atoms. The van der Waals surface area contributed by atoms with Gasteiger partial charge in [0.05, 0.1) is 20.3 Å². The van der Waals surface area contributed by atoms with E-state index in [2.05, 4.69) is 10.6 Å². The van der Waals surface area contributed by atoms with Crippen LogP contribution in [0.3, 0.4) is 0 Å². The van der Waals surface area contributed by atoms with Crippen molar-refractivity contribution in [2.24, 2.45) is 0 Å². The largest absolute Gasteiger partial charge is 0.493 e. The molecule has 7 heteroatoms. The highest BCUT2D eigenvalue weighted by atomic mass is 19.1. The van der Waals surface area contributed by atoms with Crippen LogP contribution < -0.4 is 20.1 Å². The fraction of sp³-hybridized carbons (Fsp3) is 0.235. The average molecular weight is 334 g/mol. The fourth-order valence-corrected chi connectivity index (χ4v) is 2.13. The summed E-state index contributed by atoms with van der Waals surface area (Å²) in [6, 6.07) is 10.2. The van der Waals surface area contributed by atoms with Crippen molar-refractivity contribution in [2.45, 2.75) is 6.10 Å². The normalized spacial score (nSPS) is 11.5. The number of halogens is 1. The van der Waals surface area contributed by atoms with Gasteiger partial charge in [-0.05, 0) is 18.2 Å². The van der Waals surface area contributed by atoms with E-state index in [9.17, 15) is 14.3 Å². The lowest BCUT2D eigenvalue weighted by atomic mass is 10.1. The maximum Gasteiger partial charge on any atom is 0.319 e. The van der Waals surface area contributed by atoms with Crippen molar-refractivity contribution in [3.63, 3.8) is 0 Å². The van der Waals surface area contributed by atoms with Crippen molar-refractivity contribution in [3.05, 3.63) is 53.8 Å². The van der Waals surface area contributed by atoms with Crippen LogP contribution in [-0.4, -0.2) is 31.9 Å². The maximum atomic E-state index is 13.6. The third-order valence-electron chi connectivity index (χ3n) is 3.36. The summed E-state index contributed by atoms with van der Waals surface area (Å²) >= 11 is 0. The molecule has 0 aliphatic rings. The molecule has 0 aromatic heterocycles. The van der Waals surface area contributed by atoms with Gasteiger partial charge in [-0.15, -0.1) is 0 Å². The summed E-state index contributed by atoms with van der Waals surface area (Å²) in [6.07, 6.45) is -1.14. The van der Waals surface area contributed by atoms with Crippen LogP contribution in [0.2, 0.25) is 0 Å². The van der Waals surface area contributed by atoms with E-state index in [1.165, 1.54) is 32.4 Å². The summed E-state index contributed by atoms with van der Waals surface area (Å²) in [4.78, 5) is 11.9. The number of ether oxygens (including phenoxy) is 2. The van der Waals surface area contributed by atoms with Gasteiger partial charge in [-0.25, -0.2) is 9.18 Å². The average Bonchev–Trinajstić information content (AvgIpc) is 2.60. The molecule has 0 radical (unpaired) electrons. The minimum absolute atomic E-state index is 0.125. The number of anilines is 1. The molecule has 128 valence electrons. The molecule has 0 heterocycles. The van der Waals surface area contributed by atoms with Crippen LogP contribution in [0.5, 0.6) is 11.5 Å². The third kappa shape index (κ3) is 4.36. The van der Waals surface area contributed by atoms with Crippen LogP contribution in [0.15, 0.2) is 42.5 Å². The zero-order valence-corrected chi connectivity index (χ0v) is 13.4. The molecule has 2 aromatic rings. The molecule has 2 amide bonds. The Morgan fingerprint density at radius 1 is 1.17 bits per heavy atom. The summed E-state index contributed by atoms with van der Waals surface area (Å²) in [5, 5.41) is 15.0. The Kier molecular flexibility index (Phi) is 5.97. The standard InChI is InChI=1S/C17H19FN2O4/c1-23-15-8-7-11(9-16(15)24-2)20-17(22)19-10-14(21)12-5-3-4-6-13(12)18/h3-9,14,21H,10H2,1-2H3,(H2,19,20,22). The SMILES string of the molecule is COc1ccc(NC(=O)NCC(O)c2ccccc2F)cc1OC. The molecule has 0 aliphatic carbocycles. The minimum atomic E-state index is -1.14. The number of carbonyl (C=O) groups is 1. The lowest BCUT2D eigenvalue weighted by Crippen LogP contribution is -2.32. The Hall–Kier alpha value is -2.80. The highest BCUT2D eigenvalue weighted by Crippen LogP contribution is 2.29. The smallest absolute Gasteiger partial charge is 0.319 e. The molecule has 1 atom stereocenters. The second-order valence-electron chi connectivity index (χ2n) is 4.94. The van der Waals surface area contributed by atoms with Gasteiger partial charge in [0.15, 0.2) is 11.5 Å². The van der Waals surface area contributed by atoms with Crippen LogP contribution in [0.4, 0.5) is 14.9 Å². The van der Waals surface area contributed by atoms with Gasteiger partial charge in [-0.1, -0.05) is 18.2 Å². The van der Waals surface area contributed by atoms with Gasteiger partial charge in [0.2, 0.25) is 0 Å². The number of hydrogen-bond acceptors (Lipinski definition) is 4. The first-order valence-corrected chi connectivity index (χ1v) is 7.24. The zero-order valence-electron chi connectivity index (χ0n) is 13.4. The van der Waals surface area contributed by atoms with Crippen molar-refractivity contribution in [2.75, 3.05) is 26.1 Å². The quantitative estimate of drug-likeness (QED) is 0.759. The van der Waals surface area contributed by atoms with Crippen molar-refractivity contribution in [1.29, 1.82) is 0 Å². The first kappa shape index (κ1) is 17.6. The van der Waals surface area contributed by atoms with E-state index in [0.29, 0.717) is 17.2 Å². The summed E-state index contributed by atoms with van der Waals surface area (Å²) in [5.41, 5.74) is 0.620. The van der Waals surface area contributed by atoms with E-state index >= 15 is 0 Å². The number of urea groups is 1. The first-order chi connectivity index (χ1) is 11.5. The molecular weight excluding hydrogens is 315 g/mol. The summed E-state index contributed by atoms with van der Waals surface area (Å²) in [7, 11) is 3.01. The van der Waals surface area contributed by atoms with Gasteiger partial charge < -0.3 is 25.2 Å². The second-order valence-corrected chi connectivity index (χ2v) is 4.94. The fourth-order valence-electron chi connectivity index (χ4n) is 2.13. The minimum Gasteiger partial charge on any atom is -0.493 e. The highest BCUT2D eigenvalue weighted by Gasteiger charge is 2.13. The molecule has 2 rings (SSSR count). The summed E-state index contributed by atoms with van der Waals surface area (Å²) < 4.78 is 23.8. The number of rotatable bonds is 6. The molecule has 6 nitrogen and oxygen atoms in total. The number of amides is 2. The number of benzene rings is 2. The Labute approximate surface area is 139 Å². The maximum absolute atomic E-state index is 13.6. The molecule has 3 N–H and O–H groups in total. The van der Waals surface area contributed by atoms with Crippen molar-refractivity contribution >= 4 is 11.7 Å². The van der Waals surface area contributed by atoms with Gasteiger partial charge in [-0.3, -0.25) is 0 Å². The Bertz CT molecular complexity index is 709. The van der Waals surface area contributed by atoms with Crippen LogP contribution in [0, 0.1) is 5.82 Å². The number of aliphatic hydroxyl groups excluding tert-OH is 1. The molecule has 0 fully saturated rings. The lowest BCUT2D eigenvalue weighted by Gasteiger charge is -2.14. The van der Waals surface area contributed by atoms with Crippen LogP contribution in [0.25, 0.3) is 0 Å². The molecule has 24 heavy (non-hydrogen) atoms. The van der Waals surface area contributed by atoms with Crippen molar-refractivity contribution in [1.82, 2.24) is 5.32 Å². The molecular formula is C17H19FN2O4. The van der Waals surface area contributed by atoms with E-state index in [-0.39, 0.29) is 12.1 Å². The predicted octanol–water partition coefficient (Wildman–Crippen LogP) is 2.70. The Morgan fingerprint density at radius 3 is 2.54 bits per heavy atom. The summed E-state index contributed by atoms with van der Waals surface area (Å²) in [6.45, 7) is -0.125. The third-order valence-corrected chi connectivity index (χ3v) is 3.36. The molecule has 1 unspecified atom stereocenters. The van der Waals surface area contributed by atoms with E-state index in [1.54, 1.807) is 24.3 Å². The van der Waals surface area contributed by atoms with E-state index in [4.69, 9.17) is 9.47 Å². The van der Waals surface area contributed by atoms with Gasteiger partial charge in [0.1, 0.15) is 5.82 Å². The van der Waals surface area contributed by atoms with Gasteiger partial charge in [-0.2, -0.15) is 0 Å². The van der Waals surface area contributed by atoms with Crippen molar-refractivity contribution in [3.8, 4) is 11.5 Å². The molecule has 0 saturated carbocycles. The number of hydrogen-bond donors (Lipinski definition) is 3. The first-order valence-electron chi connectivity index (χ1n) is 7.24. The topological polar surface area (TPSA) is 79.8 Å². The zero-order chi connectivity index (χ0) is 17.5. The van der Waals surface area contributed by atoms with E-state index in [0.717, 1.165) is 0 Å². The molecule has 0 aliphatic heterocycles. The van der Waals surface area contributed by atoms with Gasteiger partial charge >= 0.3 is 6.03 Å². The highest BCUT2D eigenvalue weighted by molar-refractivity contribution is 5.89. The Balaban J connectivity index is 1.93. The monoisotopic (exact) mass is 334 g/mol. The van der Waals surface area contributed by atoms with Crippen molar-refractivity contribution < 1.29 is 23.8 Å². The van der Waals surface area contributed by atoms with E-state index < -0.39 is 18.0 Å². The summed E-state index contributed by atoms with van der Waals surface area (Å²) in [5.74, 6) is 0.493. The number of carbonyl (C=O) groups excluding carboxylic acids is 1. The van der Waals surface area contributed by atoms with Gasteiger partial charge in [0.25, 0.3) is 0 Å². The molecule has 0 spiro atoms.